The molecule has 34 heavy (non-hydrogen) atoms. The highest BCUT2D eigenvalue weighted by Crippen LogP contribution is 2.43. The van der Waals surface area contributed by atoms with Gasteiger partial charge < -0.3 is 0 Å². The first-order valence-corrected chi connectivity index (χ1v) is 18.1. The molecule has 0 rings (SSSR count). The molecule has 12 nitrogen and oxygen atoms in total. The van der Waals surface area contributed by atoms with Crippen molar-refractivity contribution in [3.8, 4) is 0 Å². The highest BCUT2D eigenvalue weighted by atomic mass is 33.1. The average Bonchev–Trinajstić information content (AvgIpc) is 2.54. The van der Waals surface area contributed by atoms with E-state index in [1.807, 2.05) is 0 Å². The Labute approximate surface area is 210 Å². The summed E-state index contributed by atoms with van der Waals surface area (Å²) in [6.07, 6.45) is -0.993. The van der Waals surface area contributed by atoms with E-state index in [1.165, 1.54) is 41.5 Å². The van der Waals surface area contributed by atoms with Crippen molar-refractivity contribution in [2.45, 2.75) is 97.7 Å². The summed E-state index contributed by atoms with van der Waals surface area (Å²) >= 11 is 0. The predicted molar refractivity (Wildman–Crippen MR) is 135 cm³/mol. The third-order valence-electron chi connectivity index (χ3n) is 5.37. The first-order chi connectivity index (χ1) is 14.7. The number of hydrogen-bond acceptors (Lipinski definition) is 10. The highest BCUT2D eigenvalue weighted by molar-refractivity contribution is 8.77. The molecule has 4 N–H and O–H groups in total. The summed E-state index contributed by atoms with van der Waals surface area (Å²) in [4.78, 5) is 0. The van der Waals surface area contributed by atoms with Crippen LogP contribution in [-0.4, -0.2) is 82.4 Å². The van der Waals surface area contributed by atoms with Crippen LogP contribution in [0.5, 0.6) is 0 Å². The molecule has 18 heteroatoms. The topological polar surface area (TPSA) is 217 Å². The fourth-order valence-corrected chi connectivity index (χ4v) is 8.83. The van der Waals surface area contributed by atoms with Gasteiger partial charge in [0.2, 0.25) is 0 Å². The lowest BCUT2D eigenvalue weighted by Gasteiger charge is -2.31. The van der Waals surface area contributed by atoms with Crippen LogP contribution in [0.4, 0.5) is 0 Å². The van der Waals surface area contributed by atoms with Gasteiger partial charge in [0, 0.05) is 10.5 Å². The molecule has 0 aliphatic carbocycles. The molecule has 0 aliphatic rings. The van der Waals surface area contributed by atoms with E-state index in [-0.39, 0.29) is 25.7 Å². The van der Waals surface area contributed by atoms with Crippen LogP contribution < -0.4 is 0 Å². The minimum absolute atomic E-state index is 0.238. The fraction of sp³-hybridized carbons (Fsp3) is 1.00. The van der Waals surface area contributed by atoms with Crippen LogP contribution in [-0.2, 0) is 40.5 Å². The van der Waals surface area contributed by atoms with Gasteiger partial charge in [-0.1, -0.05) is 21.6 Å². The van der Waals surface area contributed by atoms with Gasteiger partial charge in [-0.15, -0.1) is 0 Å². The lowest BCUT2D eigenvalue weighted by molar-refractivity contribution is 0.422. The Bertz CT molecular complexity index is 1020. The minimum Gasteiger partial charge on any atom is -0.285 e. The van der Waals surface area contributed by atoms with Gasteiger partial charge in [-0.25, -0.2) is 0 Å². The van der Waals surface area contributed by atoms with Gasteiger partial charge in [-0.2, -0.15) is 33.7 Å². The monoisotopic (exact) mass is 610 g/mol. The van der Waals surface area contributed by atoms with E-state index in [2.05, 4.69) is 0 Å². The van der Waals surface area contributed by atoms with E-state index in [0.29, 0.717) is 0 Å². The molecule has 4 unspecified atom stereocenters. The first kappa shape index (κ1) is 34.3. The van der Waals surface area contributed by atoms with E-state index >= 15 is 0 Å². The molecule has 0 aromatic carbocycles. The van der Waals surface area contributed by atoms with Crippen molar-refractivity contribution in [3.05, 3.63) is 0 Å². The Morgan fingerprint density at radius 3 is 1.00 bits per heavy atom. The summed E-state index contributed by atoms with van der Waals surface area (Å²) in [5.41, 5.74) is 0. The molecule has 0 aliphatic heterocycles. The summed E-state index contributed by atoms with van der Waals surface area (Å²) in [5, 5.41) is -4.22. The van der Waals surface area contributed by atoms with Crippen molar-refractivity contribution >= 4 is 62.1 Å². The van der Waals surface area contributed by atoms with Gasteiger partial charge in [-0.3, -0.25) is 18.2 Å². The molecule has 0 heterocycles. The van der Waals surface area contributed by atoms with E-state index < -0.39 is 71.0 Å². The molecule has 0 spiro atoms. The Morgan fingerprint density at radius 2 is 0.824 bits per heavy atom. The van der Waals surface area contributed by atoms with Crippen molar-refractivity contribution in [3.63, 3.8) is 0 Å². The van der Waals surface area contributed by atoms with Crippen LogP contribution in [0.2, 0.25) is 0 Å². The van der Waals surface area contributed by atoms with Crippen molar-refractivity contribution in [1.29, 1.82) is 0 Å². The zero-order chi connectivity index (χ0) is 27.6. The largest absolute Gasteiger partial charge is 0.285 e. The Kier molecular flexibility index (Phi) is 11.9. The number of hydrogen-bond donors (Lipinski definition) is 4. The van der Waals surface area contributed by atoms with Gasteiger partial charge in [0.15, 0.2) is 0 Å². The summed E-state index contributed by atoms with van der Waals surface area (Å²) < 4.78 is 127. The molecular formula is C16H34O12S6. The standard InChI is InChI=1S/C16H34O12S6/c1-11(31(17,18)19)7-13(9-15(3,4)33(23,24)25)29-30-14(8-12(2)32(20,21)22)10-16(5,6)34(26,27)28/h11-14H,7-10H2,1-6H3,(H,17,18,19)(H,20,21,22)(H,23,24,25)(H,26,27,28). The van der Waals surface area contributed by atoms with Crippen molar-refractivity contribution in [2.75, 3.05) is 0 Å². The third-order valence-corrected chi connectivity index (χ3v) is 14.3. The molecule has 0 aromatic heterocycles. The average molecular weight is 611 g/mol. The second-order valence-corrected chi connectivity index (χ2v) is 20.1. The maximum atomic E-state index is 11.7. The van der Waals surface area contributed by atoms with Gasteiger partial charge >= 0.3 is 0 Å². The van der Waals surface area contributed by atoms with Crippen molar-refractivity contribution in [1.82, 2.24) is 0 Å². The van der Waals surface area contributed by atoms with Crippen molar-refractivity contribution < 1.29 is 51.9 Å². The second-order valence-electron chi connectivity index (χ2n) is 9.44. The lowest BCUT2D eigenvalue weighted by Crippen LogP contribution is -2.37. The quantitative estimate of drug-likeness (QED) is 0.155. The molecule has 4 atom stereocenters. The van der Waals surface area contributed by atoms with Crippen LogP contribution >= 0.6 is 21.6 Å². The molecular weight excluding hydrogens is 577 g/mol. The Balaban J connectivity index is 6.01. The molecule has 0 radical (unpaired) electrons. The molecule has 0 amide bonds. The van der Waals surface area contributed by atoms with Crippen LogP contribution in [0.3, 0.4) is 0 Å². The maximum Gasteiger partial charge on any atom is 0.270 e. The van der Waals surface area contributed by atoms with Crippen LogP contribution in [0.1, 0.15) is 67.2 Å². The number of rotatable bonds is 15. The van der Waals surface area contributed by atoms with Crippen LogP contribution in [0.15, 0.2) is 0 Å². The molecule has 0 saturated heterocycles. The second kappa shape index (κ2) is 11.8. The molecule has 0 bridgehead atoms. The van der Waals surface area contributed by atoms with Crippen LogP contribution in [0.25, 0.3) is 0 Å². The lowest BCUT2D eigenvalue weighted by atomic mass is 10.0. The Morgan fingerprint density at radius 1 is 0.588 bits per heavy atom. The van der Waals surface area contributed by atoms with E-state index in [9.17, 15) is 51.9 Å². The van der Waals surface area contributed by atoms with Gasteiger partial charge in [0.25, 0.3) is 40.5 Å². The minimum atomic E-state index is -4.55. The normalized spacial score (nSPS) is 18.3. The molecule has 0 fully saturated rings. The van der Waals surface area contributed by atoms with E-state index in [4.69, 9.17) is 0 Å². The summed E-state index contributed by atoms with van der Waals surface area (Å²) in [7, 11) is -16.2. The van der Waals surface area contributed by atoms with Crippen molar-refractivity contribution in [2.24, 2.45) is 0 Å². The highest BCUT2D eigenvalue weighted by Gasteiger charge is 2.40. The van der Waals surface area contributed by atoms with Gasteiger partial charge in [0.05, 0.1) is 20.0 Å². The summed E-state index contributed by atoms with van der Waals surface area (Å²) in [6.45, 7) is 7.28. The van der Waals surface area contributed by atoms with Crippen LogP contribution in [0, 0.1) is 0 Å². The third kappa shape index (κ3) is 11.2. The smallest absolute Gasteiger partial charge is 0.270 e. The maximum absolute atomic E-state index is 11.7. The molecule has 0 saturated carbocycles. The van der Waals surface area contributed by atoms with Gasteiger partial charge in [-0.05, 0) is 67.2 Å². The Hall–Kier alpha value is 0.340. The first-order valence-electron chi connectivity index (χ1n) is 9.89. The van der Waals surface area contributed by atoms with Gasteiger partial charge in [0.1, 0.15) is 0 Å². The van der Waals surface area contributed by atoms with E-state index in [1.54, 1.807) is 0 Å². The molecule has 0 aromatic rings. The SMILES string of the molecule is CC(CC(CC(C)(C)S(=O)(=O)O)SSC(CC(C)S(=O)(=O)O)CC(C)(C)S(=O)(=O)O)S(=O)(=O)O. The zero-order valence-electron chi connectivity index (χ0n) is 19.6. The molecule has 206 valence electrons. The summed E-state index contributed by atoms with van der Waals surface area (Å²) in [5.74, 6) is 0. The zero-order valence-corrected chi connectivity index (χ0v) is 24.5. The van der Waals surface area contributed by atoms with E-state index in [0.717, 1.165) is 21.6 Å². The predicted octanol–water partition coefficient (Wildman–Crippen LogP) is 2.55. The fourth-order valence-electron chi connectivity index (χ4n) is 2.76. The summed E-state index contributed by atoms with van der Waals surface area (Å²) in [6, 6.07) is 0.